The third-order valence-corrected chi connectivity index (χ3v) is 4.22. The zero-order chi connectivity index (χ0) is 16.9. The SMILES string of the molecule is CC(C)CC(=O)n1nc(-c2cccnc2)nc1NCc1cccs1. The Morgan fingerprint density at radius 2 is 2.21 bits per heavy atom. The molecule has 6 nitrogen and oxygen atoms in total. The Kier molecular flexibility index (Phi) is 5.00. The summed E-state index contributed by atoms with van der Waals surface area (Å²) in [6.07, 6.45) is 3.81. The summed E-state index contributed by atoms with van der Waals surface area (Å²) in [5.74, 6) is 1.15. The molecule has 0 saturated carbocycles. The minimum absolute atomic E-state index is 0.0682. The highest BCUT2D eigenvalue weighted by Crippen LogP contribution is 2.19. The van der Waals surface area contributed by atoms with Crippen LogP contribution in [-0.4, -0.2) is 25.7 Å². The first-order valence-corrected chi connectivity index (χ1v) is 8.68. The van der Waals surface area contributed by atoms with Crippen molar-refractivity contribution in [1.82, 2.24) is 19.7 Å². The average Bonchev–Trinajstić information content (AvgIpc) is 3.23. The molecule has 7 heteroatoms. The van der Waals surface area contributed by atoms with E-state index in [1.165, 1.54) is 9.56 Å². The topological polar surface area (TPSA) is 72.7 Å². The fourth-order valence-corrected chi connectivity index (χ4v) is 2.88. The molecule has 24 heavy (non-hydrogen) atoms. The van der Waals surface area contributed by atoms with Gasteiger partial charge in [0.2, 0.25) is 11.9 Å². The van der Waals surface area contributed by atoms with Crippen LogP contribution in [0.3, 0.4) is 0 Å². The summed E-state index contributed by atoms with van der Waals surface area (Å²) < 4.78 is 1.37. The maximum Gasteiger partial charge on any atom is 0.250 e. The molecule has 0 radical (unpaired) electrons. The first-order valence-electron chi connectivity index (χ1n) is 7.80. The summed E-state index contributed by atoms with van der Waals surface area (Å²) in [6, 6.07) is 7.74. The van der Waals surface area contributed by atoms with Crippen LogP contribution in [0.4, 0.5) is 5.95 Å². The Bertz CT molecular complexity index is 796. The van der Waals surface area contributed by atoms with Crippen molar-refractivity contribution in [2.75, 3.05) is 5.32 Å². The summed E-state index contributed by atoms with van der Waals surface area (Å²) in [6.45, 7) is 4.63. The molecule has 3 aromatic rings. The first kappa shape index (κ1) is 16.3. The van der Waals surface area contributed by atoms with Crippen LogP contribution in [0.1, 0.15) is 29.9 Å². The van der Waals surface area contributed by atoms with Crippen LogP contribution in [0.5, 0.6) is 0 Å². The van der Waals surface area contributed by atoms with Gasteiger partial charge in [-0.2, -0.15) is 9.67 Å². The molecule has 0 amide bonds. The van der Waals surface area contributed by atoms with Crippen LogP contribution >= 0.6 is 11.3 Å². The van der Waals surface area contributed by atoms with Gasteiger partial charge < -0.3 is 5.32 Å². The molecule has 0 saturated heterocycles. The molecular weight excluding hydrogens is 322 g/mol. The highest BCUT2D eigenvalue weighted by molar-refractivity contribution is 7.09. The number of pyridine rings is 1. The zero-order valence-electron chi connectivity index (χ0n) is 13.6. The lowest BCUT2D eigenvalue weighted by Gasteiger charge is -2.07. The van der Waals surface area contributed by atoms with E-state index in [1.807, 2.05) is 43.5 Å². The van der Waals surface area contributed by atoms with Gasteiger partial charge in [0.25, 0.3) is 0 Å². The monoisotopic (exact) mass is 341 g/mol. The lowest BCUT2D eigenvalue weighted by atomic mass is 10.1. The molecule has 3 heterocycles. The van der Waals surface area contributed by atoms with E-state index in [0.29, 0.717) is 24.7 Å². The smallest absolute Gasteiger partial charge is 0.250 e. The van der Waals surface area contributed by atoms with Gasteiger partial charge in [0, 0.05) is 29.3 Å². The molecule has 0 atom stereocenters. The Morgan fingerprint density at radius 1 is 1.33 bits per heavy atom. The molecular formula is C17H19N5OS. The van der Waals surface area contributed by atoms with Gasteiger partial charge in [-0.05, 0) is 29.5 Å². The minimum atomic E-state index is -0.0682. The summed E-state index contributed by atoms with van der Waals surface area (Å²) in [4.78, 5) is 22.2. The normalized spacial score (nSPS) is 11.0. The fraction of sp³-hybridized carbons (Fsp3) is 0.294. The zero-order valence-corrected chi connectivity index (χ0v) is 14.5. The second kappa shape index (κ2) is 7.35. The van der Waals surface area contributed by atoms with Crippen LogP contribution in [-0.2, 0) is 6.54 Å². The van der Waals surface area contributed by atoms with Gasteiger partial charge in [0.1, 0.15) is 0 Å². The van der Waals surface area contributed by atoms with Crippen LogP contribution in [0.15, 0.2) is 42.0 Å². The number of nitrogens with zero attached hydrogens (tertiary/aromatic N) is 4. The number of hydrogen-bond acceptors (Lipinski definition) is 6. The van der Waals surface area contributed by atoms with E-state index >= 15 is 0 Å². The lowest BCUT2D eigenvalue weighted by molar-refractivity contribution is 0.0873. The van der Waals surface area contributed by atoms with Gasteiger partial charge in [-0.25, -0.2) is 0 Å². The number of nitrogens with one attached hydrogen (secondary N) is 1. The highest BCUT2D eigenvalue weighted by Gasteiger charge is 2.18. The van der Waals surface area contributed by atoms with E-state index in [1.54, 1.807) is 23.7 Å². The van der Waals surface area contributed by atoms with Crippen molar-refractivity contribution in [3.8, 4) is 11.4 Å². The molecule has 0 bridgehead atoms. The van der Waals surface area contributed by atoms with Gasteiger partial charge in [-0.1, -0.05) is 19.9 Å². The van der Waals surface area contributed by atoms with E-state index in [-0.39, 0.29) is 11.8 Å². The van der Waals surface area contributed by atoms with E-state index in [9.17, 15) is 4.79 Å². The molecule has 0 unspecified atom stereocenters. The van der Waals surface area contributed by atoms with Crippen molar-refractivity contribution in [3.05, 3.63) is 46.9 Å². The van der Waals surface area contributed by atoms with Crippen LogP contribution in [0.25, 0.3) is 11.4 Å². The Hall–Kier alpha value is -2.54. The quantitative estimate of drug-likeness (QED) is 0.740. The molecule has 0 aliphatic rings. The largest absolute Gasteiger partial charge is 0.349 e. The second-order valence-corrected chi connectivity index (χ2v) is 6.87. The molecule has 3 aromatic heterocycles. The summed E-state index contributed by atoms with van der Waals surface area (Å²) >= 11 is 1.66. The second-order valence-electron chi connectivity index (χ2n) is 5.84. The van der Waals surface area contributed by atoms with Gasteiger partial charge in [0.05, 0.1) is 6.54 Å². The molecule has 1 N–H and O–H groups in total. The van der Waals surface area contributed by atoms with E-state index < -0.39 is 0 Å². The predicted octanol–water partition coefficient (Wildman–Crippen LogP) is 3.70. The van der Waals surface area contributed by atoms with Crippen molar-refractivity contribution in [2.24, 2.45) is 5.92 Å². The number of carbonyl (C=O) groups is 1. The number of carbonyl (C=O) groups excluding carboxylic acids is 1. The average molecular weight is 341 g/mol. The maximum atomic E-state index is 12.5. The van der Waals surface area contributed by atoms with Crippen LogP contribution in [0, 0.1) is 5.92 Å². The van der Waals surface area contributed by atoms with Crippen LogP contribution in [0.2, 0.25) is 0 Å². The minimum Gasteiger partial charge on any atom is -0.349 e. The number of thiophene rings is 1. The first-order chi connectivity index (χ1) is 11.6. The molecule has 0 aromatic carbocycles. The highest BCUT2D eigenvalue weighted by atomic mass is 32.1. The molecule has 0 fully saturated rings. The fourth-order valence-electron chi connectivity index (χ4n) is 2.23. The third-order valence-electron chi connectivity index (χ3n) is 3.35. The van der Waals surface area contributed by atoms with Crippen molar-refractivity contribution in [1.29, 1.82) is 0 Å². The van der Waals surface area contributed by atoms with Crippen molar-refractivity contribution >= 4 is 23.2 Å². The molecule has 124 valence electrons. The number of aromatic nitrogens is 4. The van der Waals surface area contributed by atoms with Crippen molar-refractivity contribution in [3.63, 3.8) is 0 Å². The summed E-state index contributed by atoms with van der Waals surface area (Å²) in [7, 11) is 0. The molecule has 0 aliphatic carbocycles. The Balaban J connectivity index is 1.88. The van der Waals surface area contributed by atoms with E-state index in [2.05, 4.69) is 20.4 Å². The summed E-state index contributed by atoms with van der Waals surface area (Å²) in [5.41, 5.74) is 0.785. The Morgan fingerprint density at radius 3 is 2.88 bits per heavy atom. The molecule has 3 rings (SSSR count). The van der Waals surface area contributed by atoms with Gasteiger partial charge in [-0.15, -0.1) is 16.4 Å². The van der Waals surface area contributed by atoms with E-state index in [0.717, 1.165) is 5.56 Å². The van der Waals surface area contributed by atoms with E-state index in [4.69, 9.17) is 0 Å². The standard InChI is InChI=1S/C17H19N5OS/c1-12(2)9-15(23)22-17(19-11-14-6-4-8-24-14)20-16(21-22)13-5-3-7-18-10-13/h3-8,10,12H,9,11H2,1-2H3,(H,19,20,21). The predicted molar refractivity (Wildman–Crippen MR) is 95.0 cm³/mol. The van der Waals surface area contributed by atoms with Gasteiger partial charge in [-0.3, -0.25) is 9.78 Å². The maximum absolute atomic E-state index is 12.5. The molecule has 0 aliphatic heterocycles. The number of hydrogen-bond donors (Lipinski definition) is 1. The van der Waals surface area contributed by atoms with Crippen molar-refractivity contribution < 1.29 is 4.79 Å². The molecule has 0 spiro atoms. The Labute approximate surface area is 144 Å². The third kappa shape index (κ3) is 3.86. The summed E-state index contributed by atoms with van der Waals surface area (Å²) in [5, 5.41) is 9.63. The number of anilines is 1. The van der Waals surface area contributed by atoms with Crippen LogP contribution < -0.4 is 5.32 Å². The van der Waals surface area contributed by atoms with Crippen molar-refractivity contribution in [2.45, 2.75) is 26.8 Å². The van der Waals surface area contributed by atoms with Gasteiger partial charge in [0.15, 0.2) is 5.82 Å². The number of rotatable bonds is 6. The van der Waals surface area contributed by atoms with Gasteiger partial charge >= 0.3 is 0 Å². The lowest BCUT2D eigenvalue weighted by Crippen LogP contribution is -2.18.